The molecule has 26 heavy (non-hydrogen) atoms. The lowest BCUT2D eigenvalue weighted by molar-refractivity contribution is 0.354. The number of aromatic nitrogens is 1. The lowest BCUT2D eigenvalue weighted by atomic mass is 10.2. The van der Waals surface area contributed by atoms with Crippen LogP contribution in [-0.4, -0.2) is 38.8 Å². The van der Waals surface area contributed by atoms with Crippen LogP contribution in [0.25, 0.3) is 0 Å². The molecule has 1 aromatic carbocycles. The molecule has 0 aliphatic rings. The maximum absolute atomic E-state index is 5.33. The molecular weight excluding hydrogens is 332 g/mol. The zero-order valence-corrected chi connectivity index (χ0v) is 15.7. The van der Waals surface area contributed by atoms with Crippen molar-refractivity contribution in [3.63, 3.8) is 0 Å². The average molecular weight is 358 g/mol. The number of nitrogens with zero attached hydrogens (tertiary/aromatic N) is 2. The van der Waals surface area contributed by atoms with Crippen molar-refractivity contribution in [3.8, 4) is 17.4 Å². The molecule has 0 atom stereocenters. The van der Waals surface area contributed by atoms with E-state index >= 15 is 0 Å². The summed E-state index contributed by atoms with van der Waals surface area (Å²) < 4.78 is 15.7. The number of aliphatic imine (C=N–C) groups is 1. The zero-order valence-electron chi connectivity index (χ0n) is 15.7. The van der Waals surface area contributed by atoms with E-state index in [0.29, 0.717) is 36.4 Å². The van der Waals surface area contributed by atoms with Crippen LogP contribution >= 0.6 is 0 Å². The molecule has 0 aliphatic heterocycles. The summed E-state index contributed by atoms with van der Waals surface area (Å²) >= 11 is 0. The zero-order chi connectivity index (χ0) is 18.8. The van der Waals surface area contributed by atoms with Crippen molar-refractivity contribution < 1.29 is 14.2 Å². The quantitative estimate of drug-likeness (QED) is 0.557. The summed E-state index contributed by atoms with van der Waals surface area (Å²) in [6.45, 7) is 3.86. The number of nitrogens with one attached hydrogen (secondary N) is 2. The number of ether oxygens (including phenoxy) is 3. The monoisotopic (exact) mass is 358 g/mol. The molecule has 7 heteroatoms. The highest BCUT2D eigenvalue weighted by atomic mass is 16.5. The molecule has 0 radical (unpaired) electrons. The second-order valence-corrected chi connectivity index (χ2v) is 5.41. The highest BCUT2D eigenvalue weighted by Crippen LogP contribution is 2.27. The summed E-state index contributed by atoms with van der Waals surface area (Å²) in [4.78, 5) is 9.00. The van der Waals surface area contributed by atoms with Crippen LogP contribution in [0.1, 0.15) is 18.2 Å². The Morgan fingerprint density at radius 1 is 1.00 bits per heavy atom. The van der Waals surface area contributed by atoms with Crippen LogP contribution in [0.15, 0.2) is 41.4 Å². The van der Waals surface area contributed by atoms with E-state index in [1.165, 1.54) is 0 Å². The molecule has 0 spiro atoms. The predicted molar refractivity (Wildman–Crippen MR) is 102 cm³/mol. The van der Waals surface area contributed by atoms with Gasteiger partial charge in [0.1, 0.15) is 0 Å². The average Bonchev–Trinajstić information content (AvgIpc) is 2.69. The van der Waals surface area contributed by atoms with Gasteiger partial charge in [-0.05, 0) is 30.7 Å². The molecule has 1 heterocycles. The molecule has 0 unspecified atom stereocenters. The van der Waals surface area contributed by atoms with Gasteiger partial charge < -0.3 is 24.8 Å². The van der Waals surface area contributed by atoms with Crippen molar-refractivity contribution in [2.45, 2.75) is 20.0 Å². The highest BCUT2D eigenvalue weighted by Gasteiger charge is 2.05. The van der Waals surface area contributed by atoms with Gasteiger partial charge in [-0.1, -0.05) is 12.1 Å². The largest absolute Gasteiger partial charge is 0.493 e. The second kappa shape index (κ2) is 10.1. The Morgan fingerprint density at radius 2 is 1.81 bits per heavy atom. The van der Waals surface area contributed by atoms with Gasteiger partial charge in [-0.25, -0.2) is 9.98 Å². The van der Waals surface area contributed by atoms with Crippen molar-refractivity contribution in [2.24, 2.45) is 4.99 Å². The van der Waals surface area contributed by atoms with Gasteiger partial charge in [-0.2, -0.15) is 0 Å². The molecule has 7 nitrogen and oxygen atoms in total. The maximum Gasteiger partial charge on any atom is 0.213 e. The van der Waals surface area contributed by atoms with E-state index in [9.17, 15) is 0 Å². The first-order valence-corrected chi connectivity index (χ1v) is 8.43. The summed E-state index contributed by atoms with van der Waals surface area (Å²) in [6.07, 6.45) is 0. The lowest BCUT2D eigenvalue weighted by Crippen LogP contribution is -2.37. The first-order valence-electron chi connectivity index (χ1n) is 8.43. The molecule has 0 fully saturated rings. The Hall–Kier alpha value is -2.96. The molecule has 0 saturated heterocycles. The minimum atomic E-state index is 0.515. The van der Waals surface area contributed by atoms with E-state index in [0.717, 1.165) is 17.8 Å². The van der Waals surface area contributed by atoms with Gasteiger partial charge in [-0.15, -0.1) is 0 Å². The minimum Gasteiger partial charge on any atom is -0.493 e. The van der Waals surface area contributed by atoms with Crippen molar-refractivity contribution in [3.05, 3.63) is 47.7 Å². The normalized spacial score (nSPS) is 11.0. The topological polar surface area (TPSA) is 77.0 Å². The number of benzene rings is 1. The van der Waals surface area contributed by atoms with Gasteiger partial charge in [0, 0.05) is 12.6 Å². The molecule has 2 N–H and O–H groups in total. The Bertz CT molecular complexity index is 734. The molecule has 1 aromatic heterocycles. The number of hydrogen-bond donors (Lipinski definition) is 2. The number of guanidine groups is 1. The van der Waals surface area contributed by atoms with Crippen molar-refractivity contribution in [2.75, 3.05) is 27.9 Å². The molecule has 0 saturated carbocycles. The number of rotatable bonds is 8. The van der Waals surface area contributed by atoms with Gasteiger partial charge in [0.15, 0.2) is 17.5 Å². The summed E-state index contributed by atoms with van der Waals surface area (Å²) in [5, 5.41) is 6.50. The fourth-order valence-corrected chi connectivity index (χ4v) is 2.34. The Labute approximate surface area is 154 Å². The van der Waals surface area contributed by atoms with Crippen LogP contribution < -0.4 is 24.8 Å². The van der Waals surface area contributed by atoms with Crippen LogP contribution in [0.2, 0.25) is 0 Å². The van der Waals surface area contributed by atoms with Crippen molar-refractivity contribution in [1.29, 1.82) is 0 Å². The third-order valence-electron chi connectivity index (χ3n) is 3.64. The summed E-state index contributed by atoms with van der Waals surface area (Å²) in [6, 6.07) is 11.4. The van der Waals surface area contributed by atoms with Crippen LogP contribution in [0.5, 0.6) is 17.4 Å². The van der Waals surface area contributed by atoms with Gasteiger partial charge in [0.05, 0.1) is 40.1 Å². The van der Waals surface area contributed by atoms with Gasteiger partial charge in [0.2, 0.25) is 5.88 Å². The molecule has 0 amide bonds. The summed E-state index contributed by atoms with van der Waals surface area (Å²) in [7, 11) is 4.85. The summed E-state index contributed by atoms with van der Waals surface area (Å²) in [5.74, 6) is 2.71. The minimum absolute atomic E-state index is 0.515. The Kier molecular flexibility index (Phi) is 7.54. The molecular formula is C19H26N4O3. The van der Waals surface area contributed by atoms with Gasteiger partial charge >= 0.3 is 0 Å². The molecule has 2 rings (SSSR count). The molecule has 140 valence electrons. The van der Waals surface area contributed by atoms with E-state index in [4.69, 9.17) is 14.2 Å². The van der Waals surface area contributed by atoms with Crippen LogP contribution in [0, 0.1) is 0 Å². The van der Waals surface area contributed by atoms with Crippen molar-refractivity contribution in [1.82, 2.24) is 15.6 Å². The van der Waals surface area contributed by atoms with E-state index in [1.54, 1.807) is 21.3 Å². The lowest BCUT2D eigenvalue weighted by Gasteiger charge is -2.12. The third-order valence-corrected chi connectivity index (χ3v) is 3.64. The number of pyridine rings is 1. The van der Waals surface area contributed by atoms with E-state index < -0.39 is 0 Å². The second-order valence-electron chi connectivity index (χ2n) is 5.41. The SMILES string of the molecule is CCNC(=NCc1ccc(OC)c(OC)c1)NCc1cccc(OC)n1. The fourth-order valence-electron chi connectivity index (χ4n) is 2.34. The predicted octanol–water partition coefficient (Wildman–Crippen LogP) is 2.36. The Morgan fingerprint density at radius 3 is 2.50 bits per heavy atom. The summed E-state index contributed by atoms with van der Waals surface area (Å²) in [5.41, 5.74) is 1.90. The number of methoxy groups -OCH3 is 3. The van der Waals surface area contributed by atoms with Gasteiger partial charge in [-0.3, -0.25) is 0 Å². The number of hydrogen-bond acceptors (Lipinski definition) is 5. The smallest absolute Gasteiger partial charge is 0.213 e. The Balaban J connectivity index is 2.03. The fraction of sp³-hybridized carbons (Fsp3) is 0.368. The first-order chi connectivity index (χ1) is 12.7. The maximum atomic E-state index is 5.33. The van der Waals surface area contributed by atoms with E-state index in [-0.39, 0.29) is 0 Å². The van der Waals surface area contributed by atoms with Crippen LogP contribution in [0.3, 0.4) is 0 Å². The molecule has 2 aromatic rings. The molecule has 0 bridgehead atoms. The van der Waals surface area contributed by atoms with E-state index in [1.807, 2.05) is 43.3 Å². The van der Waals surface area contributed by atoms with Gasteiger partial charge in [0.25, 0.3) is 0 Å². The van der Waals surface area contributed by atoms with Crippen molar-refractivity contribution >= 4 is 5.96 Å². The van der Waals surface area contributed by atoms with Crippen LogP contribution in [-0.2, 0) is 13.1 Å². The molecule has 0 aliphatic carbocycles. The first kappa shape index (κ1) is 19.4. The van der Waals surface area contributed by atoms with Crippen LogP contribution in [0.4, 0.5) is 0 Å². The standard InChI is InChI=1S/C19H26N4O3/c1-5-20-19(22-13-15-7-6-8-18(23-15)26-4)21-12-14-9-10-16(24-2)17(11-14)25-3/h6-11H,5,12-13H2,1-4H3,(H2,20,21,22). The third kappa shape index (κ3) is 5.54. The highest BCUT2D eigenvalue weighted by molar-refractivity contribution is 5.79. The van der Waals surface area contributed by atoms with E-state index in [2.05, 4.69) is 20.6 Å².